The molecule has 0 saturated carbocycles. The number of hydrogen-bond donors (Lipinski definition) is 3. The lowest BCUT2D eigenvalue weighted by atomic mass is 9.95. The van der Waals surface area contributed by atoms with Gasteiger partial charge in [0.05, 0.1) is 17.0 Å². The number of benzene rings is 2. The van der Waals surface area contributed by atoms with Crippen LogP contribution in [0.3, 0.4) is 0 Å². The van der Waals surface area contributed by atoms with Crippen LogP contribution in [-0.2, 0) is 6.18 Å². The first-order valence-electron chi connectivity index (χ1n) is 11.9. The Hall–Kier alpha value is -3.18. The number of carbonyl (C=O) groups is 1. The van der Waals surface area contributed by atoms with Crippen molar-refractivity contribution in [1.82, 2.24) is 5.32 Å². The number of carbonyl (C=O) groups excluding carboxylic acids is 1. The summed E-state index contributed by atoms with van der Waals surface area (Å²) in [5, 5.41) is 9.28. The lowest BCUT2D eigenvalue weighted by molar-refractivity contribution is -0.137. The molecule has 38 heavy (non-hydrogen) atoms. The third-order valence-electron chi connectivity index (χ3n) is 5.82. The van der Waals surface area contributed by atoms with Crippen molar-refractivity contribution in [3.8, 4) is 11.1 Å². The normalized spacial score (nSPS) is 13.0. The lowest BCUT2D eigenvalue weighted by Gasteiger charge is -2.19. The first-order chi connectivity index (χ1) is 17.9. The predicted octanol–water partition coefficient (Wildman–Crippen LogP) is 7.96. The number of rotatable bonds is 9. The molecule has 3 aromatic rings. The number of thiophene rings is 1. The number of nitrogens with two attached hydrogens (primary N) is 1. The van der Waals surface area contributed by atoms with Gasteiger partial charge >= 0.3 is 6.18 Å². The summed E-state index contributed by atoms with van der Waals surface area (Å²) in [6.07, 6.45) is -3.47. The average Bonchev–Trinajstić information content (AvgIpc) is 3.34. The molecule has 0 radical (unpaired) electrons. The highest BCUT2D eigenvalue weighted by Gasteiger charge is 2.30. The maximum Gasteiger partial charge on any atom is 0.416 e. The number of aryl methyl sites for hydroxylation is 2. The minimum Gasteiger partial charge on any atom is -0.344 e. The molecule has 0 aliphatic rings. The lowest BCUT2D eigenvalue weighted by Crippen LogP contribution is -2.28. The van der Waals surface area contributed by atoms with Crippen LogP contribution in [0.1, 0.15) is 56.8 Å². The van der Waals surface area contributed by atoms with Crippen molar-refractivity contribution in [2.45, 2.75) is 50.4 Å². The molecule has 1 heterocycles. The molecular formula is C27H30F3N5OS2. The minimum absolute atomic E-state index is 0.0221. The van der Waals surface area contributed by atoms with Gasteiger partial charge < -0.3 is 11.2 Å². The number of amidine groups is 1. The zero-order chi connectivity index (χ0) is 28.0. The number of halogens is 3. The van der Waals surface area contributed by atoms with Gasteiger partial charge in [-0.2, -0.15) is 18.3 Å². The second kappa shape index (κ2) is 12.6. The highest BCUT2D eigenvalue weighted by Crippen LogP contribution is 2.44. The number of nitrogens with one attached hydrogen (secondary N) is 2. The van der Waals surface area contributed by atoms with Gasteiger partial charge in [-0.25, -0.2) is 5.53 Å². The highest BCUT2D eigenvalue weighted by molar-refractivity contribution is 7.99. The molecule has 6 nitrogen and oxygen atoms in total. The first-order valence-corrected chi connectivity index (χ1v) is 13.6. The standard InChI is InChI=1S/C27H30F3N5OS2/c1-15(2)11-23(21-9-10-22(38-21)26(36)33-14-24(34-31)35-32)37-20-12-16(3)25(17(4)13-20)18-5-7-19(8-6-18)27(28,29)30/h5-10,12-13,15,23,31H,11,14,32H2,1-4H3,(H,33,36)/b34-31?,35-24-. The summed E-state index contributed by atoms with van der Waals surface area (Å²) in [4.78, 5) is 15.2. The molecule has 202 valence electrons. The molecule has 0 saturated heterocycles. The summed E-state index contributed by atoms with van der Waals surface area (Å²) in [7, 11) is 0. The topological polar surface area (TPSA) is 104 Å². The highest BCUT2D eigenvalue weighted by atomic mass is 32.2. The van der Waals surface area contributed by atoms with E-state index in [1.807, 2.05) is 19.9 Å². The Morgan fingerprint density at radius 3 is 2.26 bits per heavy atom. The van der Waals surface area contributed by atoms with Crippen molar-refractivity contribution in [3.63, 3.8) is 0 Å². The average molecular weight is 562 g/mol. The van der Waals surface area contributed by atoms with E-state index in [0.717, 1.165) is 50.6 Å². The van der Waals surface area contributed by atoms with Crippen LogP contribution in [0.4, 0.5) is 13.2 Å². The Bertz CT molecular complexity index is 1290. The second-order valence-electron chi connectivity index (χ2n) is 9.29. The van der Waals surface area contributed by atoms with Gasteiger partial charge in [0.15, 0.2) is 5.84 Å². The fourth-order valence-electron chi connectivity index (χ4n) is 4.10. The zero-order valence-electron chi connectivity index (χ0n) is 21.5. The SMILES string of the molecule is Cc1cc(SC(CC(C)C)c2ccc(C(=O)NC/C(N=N)=N/N)s2)cc(C)c1-c1ccc(C(F)(F)F)cc1. The molecular weight excluding hydrogens is 531 g/mol. The van der Waals surface area contributed by atoms with E-state index in [-0.39, 0.29) is 23.5 Å². The molecule has 3 rings (SSSR count). The van der Waals surface area contributed by atoms with Crippen molar-refractivity contribution in [2.75, 3.05) is 6.54 Å². The molecule has 0 fully saturated rings. The quantitative estimate of drug-likeness (QED) is 0.0616. The van der Waals surface area contributed by atoms with E-state index in [2.05, 4.69) is 41.5 Å². The van der Waals surface area contributed by atoms with Crippen LogP contribution in [0, 0.1) is 25.3 Å². The molecule has 1 unspecified atom stereocenters. The van der Waals surface area contributed by atoms with Gasteiger partial charge in [0, 0.05) is 15.0 Å². The Kier molecular flexibility index (Phi) is 9.72. The molecule has 1 aromatic heterocycles. The summed E-state index contributed by atoms with van der Waals surface area (Å²) >= 11 is 3.13. The first kappa shape index (κ1) is 29.4. The third kappa shape index (κ3) is 7.44. The van der Waals surface area contributed by atoms with E-state index in [1.165, 1.54) is 23.5 Å². The van der Waals surface area contributed by atoms with Gasteiger partial charge in [0.2, 0.25) is 0 Å². The van der Waals surface area contributed by atoms with Crippen LogP contribution in [0.2, 0.25) is 0 Å². The minimum atomic E-state index is -4.36. The van der Waals surface area contributed by atoms with E-state index >= 15 is 0 Å². The number of alkyl halides is 3. The van der Waals surface area contributed by atoms with E-state index in [9.17, 15) is 18.0 Å². The van der Waals surface area contributed by atoms with Crippen molar-refractivity contribution >= 4 is 34.8 Å². The molecule has 0 aliphatic heterocycles. The van der Waals surface area contributed by atoms with Gasteiger partial charge in [-0.1, -0.05) is 26.0 Å². The summed E-state index contributed by atoms with van der Waals surface area (Å²) in [6, 6.07) is 13.1. The molecule has 11 heteroatoms. The van der Waals surface area contributed by atoms with E-state index in [4.69, 9.17) is 11.4 Å². The van der Waals surface area contributed by atoms with Gasteiger partial charge in [0.25, 0.3) is 5.91 Å². The zero-order valence-corrected chi connectivity index (χ0v) is 23.2. The fraction of sp³-hybridized carbons (Fsp3) is 0.333. The van der Waals surface area contributed by atoms with Crippen LogP contribution < -0.4 is 11.2 Å². The molecule has 0 aliphatic carbocycles. The Morgan fingerprint density at radius 1 is 1.11 bits per heavy atom. The monoisotopic (exact) mass is 561 g/mol. The van der Waals surface area contributed by atoms with Crippen LogP contribution in [0.5, 0.6) is 0 Å². The Labute approximate surface area is 228 Å². The third-order valence-corrected chi connectivity index (χ3v) is 8.41. The smallest absolute Gasteiger partial charge is 0.344 e. The van der Waals surface area contributed by atoms with Crippen molar-refractivity contribution in [2.24, 2.45) is 22.0 Å². The van der Waals surface area contributed by atoms with Crippen LogP contribution in [-0.4, -0.2) is 18.3 Å². The van der Waals surface area contributed by atoms with E-state index in [1.54, 1.807) is 17.8 Å². The van der Waals surface area contributed by atoms with Gasteiger partial charge in [-0.05, 0) is 84.8 Å². The van der Waals surface area contributed by atoms with Gasteiger partial charge in [-0.15, -0.1) is 28.2 Å². The maximum absolute atomic E-state index is 13.0. The van der Waals surface area contributed by atoms with Gasteiger partial charge in [-0.3, -0.25) is 4.79 Å². The molecule has 0 bridgehead atoms. The number of hydrogen-bond acceptors (Lipinski definition) is 6. The number of amides is 1. The molecule has 1 amide bonds. The van der Waals surface area contributed by atoms with Crippen LogP contribution >= 0.6 is 23.1 Å². The van der Waals surface area contributed by atoms with E-state index in [0.29, 0.717) is 10.8 Å². The van der Waals surface area contributed by atoms with Crippen molar-refractivity contribution in [1.29, 1.82) is 5.53 Å². The van der Waals surface area contributed by atoms with Gasteiger partial charge in [0.1, 0.15) is 0 Å². The molecule has 1 atom stereocenters. The molecule has 0 spiro atoms. The number of thioether (sulfide) groups is 1. The summed E-state index contributed by atoms with van der Waals surface area (Å²) < 4.78 is 39.0. The van der Waals surface area contributed by atoms with Crippen molar-refractivity contribution in [3.05, 3.63) is 75.0 Å². The Balaban J connectivity index is 1.82. The fourth-order valence-corrected chi connectivity index (χ4v) is 6.80. The van der Waals surface area contributed by atoms with Crippen LogP contribution in [0.15, 0.2) is 63.6 Å². The number of nitrogens with zero attached hydrogens (tertiary/aromatic N) is 2. The second-order valence-corrected chi connectivity index (χ2v) is 11.7. The summed E-state index contributed by atoms with van der Waals surface area (Å²) in [5.74, 6) is 5.29. The largest absolute Gasteiger partial charge is 0.416 e. The Morgan fingerprint density at radius 2 is 1.74 bits per heavy atom. The van der Waals surface area contributed by atoms with E-state index < -0.39 is 11.7 Å². The predicted molar refractivity (Wildman–Crippen MR) is 148 cm³/mol. The van der Waals surface area contributed by atoms with Crippen molar-refractivity contribution < 1.29 is 18.0 Å². The maximum atomic E-state index is 13.0. The number of hydrazone groups is 1. The molecule has 2 aromatic carbocycles. The van der Waals surface area contributed by atoms with Crippen LogP contribution in [0.25, 0.3) is 11.1 Å². The molecule has 4 N–H and O–H groups in total. The summed E-state index contributed by atoms with van der Waals surface area (Å²) in [6.45, 7) is 8.21. The summed E-state index contributed by atoms with van der Waals surface area (Å²) in [5.41, 5.74) is 9.97.